The maximum absolute atomic E-state index is 12.1. The van der Waals surface area contributed by atoms with Gasteiger partial charge in [-0.25, -0.2) is 0 Å². The van der Waals surface area contributed by atoms with Crippen molar-refractivity contribution in [2.75, 3.05) is 0 Å². The van der Waals surface area contributed by atoms with Crippen LogP contribution < -0.4 is 5.56 Å². The van der Waals surface area contributed by atoms with E-state index < -0.39 is 10.5 Å². The number of nitrogens with zero attached hydrogens (tertiary/aromatic N) is 2. The molecule has 0 atom stereocenters. The third-order valence-electron chi connectivity index (χ3n) is 2.96. The molecule has 21 heavy (non-hydrogen) atoms. The number of ketones is 1. The second-order valence-electron chi connectivity index (χ2n) is 4.50. The summed E-state index contributed by atoms with van der Waals surface area (Å²) < 4.78 is 1.02. The Labute approximate surface area is 124 Å². The summed E-state index contributed by atoms with van der Waals surface area (Å²) in [7, 11) is 0. The summed E-state index contributed by atoms with van der Waals surface area (Å²) in [6.07, 6.45) is 1.08. The van der Waals surface area contributed by atoms with Crippen molar-refractivity contribution in [1.29, 1.82) is 0 Å². The maximum Gasteiger partial charge on any atom is 0.288 e. The molecule has 0 N–H and O–H groups in total. The van der Waals surface area contributed by atoms with Crippen LogP contribution in [0.4, 0.5) is 5.69 Å². The zero-order valence-electron chi connectivity index (χ0n) is 11.1. The van der Waals surface area contributed by atoms with E-state index in [0.717, 1.165) is 16.8 Å². The quantitative estimate of drug-likeness (QED) is 0.494. The zero-order chi connectivity index (χ0) is 15.6. The predicted molar refractivity (Wildman–Crippen MR) is 77.9 cm³/mol. The second-order valence-corrected chi connectivity index (χ2v) is 4.93. The van der Waals surface area contributed by atoms with Gasteiger partial charge in [-0.1, -0.05) is 23.7 Å². The highest BCUT2D eigenvalue weighted by atomic mass is 35.5. The molecule has 0 amide bonds. The highest BCUT2D eigenvalue weighted by molar-refractivity contribution is 6.31. The molecule has 2 aromatic rings. The largest absolute Gasteiger partial charge is 0.301 e. The monoisotopic (exact) mass is 306 g/mol. The Kier molecular flexibility index (Phi) is 4.18. The van der Waals surface area contributed by atoms with E-state index in [0.29, 0.717) is 10.6 Å². The molecule has 1 aromatic heterocycles. The van der Waals surface area contributed by atoms with Crippen molar-refractivity contribution in [1.82, 2.24) is 4.57 Å². The lowest BCUT2D eigenvalue weighted by molar-refractivity contribution is -0.385. The molecule has 0 aliphatic heterocycles. The molecule has 2 rings (SSSR count). The van der Waals surface area contributed by atoms with Crippen LogP contribution >= 0.6 is 11.6 Å². The predicted octanol–water partition coefficient (Wildman–Crippen LogP) is 2.60. The van der Waals surface area contributed by atoms with Crippen molar-refractivity contribution in [2.24, 2.45) is 0 Å². The summed E-state index contributed by atoms with van der Waals surface area (Å²) in [5.41, 5.74) is -0.0592. The second kappa shape index (κ2) is 5.88. The minimum absolute atomic E-state index is 0.200. The van der Waals surface area contributed by atoms with Gasteiger partial charge in [-0.05, 0) is 19.1 Å². The normalized spacial score (nSPS) is 10.4. The first-order chi connectivity index (χ1) is 9.88. The van der Waals surface area contributed by atoms with Crippen molar-refractivity contribution in [3.05, 3.63) is 73.1 Å². The van der Waals surface area contributed by atoms with E-state index in [1.807, 2.05) is 0 Å². The average Bonchev–Trinajstić information content (AvgIpc) is 2.41. The number of carbonyl (C=O) groups excluding carboxylic acids is 1. The number of pyridine rings is 1. The summed E-state index contributed by atoms with van der Waals surface area (Å²) >= 11 is 5.80. The van der Waals surface area contributed by atoms with Crippen LogP contribution in [0, 0.1) is 17.0 Å². The molecule has 0 saturated carbocycles. The van der Waals surface area contributed by atoms with Crippen LogP contribution in [-0.2, 0) is 6.54 Å². The zero-order valence-corrected chi connectivity index (χ0v) is 11.8. The lowest BCUT2D eigenvalue weighted by Crippen LogP contribution is -2.24. The molecule has 0 bridgehead atoms. The molecule has 0 aliphatic rings. The topological polar surface area (TPSA) is 82.2 Å². The van der Waals surface area contributed by atoms with Gasteiger partial charge < -0.3 is 4.57 Å². The van der Waals surface area contributed by atoms with Gasteiger partial charge >= 0.3 is 0 Å². The smallest absolute Gasteiger partial charge is 0.288 e. The molecular formula is C14H11ClN2O4. The van der Waals surface area contributed by atoms with Crippen LogP contribution in [0.3, 0.4) is 0 Å². The number of rotatable bonds is 4. The first-order valence-corrected chi connectivity index (χ1v) is 6.40. The third kappa shape index (κ3) is 3.35. The number of hydrogen-bond donors (Lipinski definition) is 0. The summed E-state index contributed by atoms with van der Waals surface area (Å²) in [6.45, 7) is 1.20. The van der Waals surface area contributed by atoms with E-state index in [2.05, 4.69) is 0 Å². The van der Waals surface area contributed by atoms with Crippen LogP contribution in [0.2, 0.25) is 5.02 Å². The molecule has 0 spiro atoms. The molecule has 1 heterocycles. The van der Waals surface area contributed by atoms with Crippen molar-refractivity contribution in [2.45, 2.75) is 13.5 Å². The van der Waals surface area contributed by atoms with Gasteiger partial charge in [-0.2, -0.15) is 0 Å². The minimum Gasteiger partial charge on any atom is -0.301 e. The molecule has 0 unspecified atom stereocenters. The van der Waals surface area contributed by atoms with Gasteiger partial charge in [0.25, 0.3) is 11.2 Å². The lowest BCUT2D eigenvalue weighted by Gasteiger charge is -2.06. The van der Waals surface area contributed by atoms with E-state index in [-0.39, 0.29) is 23.6 Å². The first kappa shape index (κ1) is 14.9. The fourth-order valence-corrected chi connectivity index (χ4v) is 2.07. The third-order valence-corrected chi connectivity index (χ3v) is 3.20. The Morgan fingerprint density at radius 3 is 2.71 bits per heavy atom. The number of Topliss-reactive ketones (excluding diaryl/α,β-unsaturated/α-hetero) is 1. The number of nitro groups is 1. The number of aromatic nitrogens is 1. The van der Waals surface area contributed by atoms with E-state index in [1.54, 1.807) is 18.2 Å². The van der Waals surface area contributed by atoms with Crippen LogP contribution in [0.5, 0.6) is 0 Å². The van der Waals surface area contributed by atoms with Crippen molar-refractivity contribution >= 4 is 23.1 Å². The molecule has 108 valence electrons. The van der Waals surface area contributed by atoms with Crippen LogP contribution in [0.1, 0.15) is 15.9 Å². The fourth-order valence-electron chi connectivity index (χ4n) is 1.88. The average molecular weight is 307 g/mol. The number of hydrogen-bond acceptors (Lipinski definition) is 4. The summed E-state index contributed by atoms with van der Waals surface area (Å²) in [5.74, 6) is -0.349. The Bertz CT molecular complexity index is 783. The van der Waals surface area contributed by atoms with Crippen molar-refractivity contribution in [3.8, 4) is 0 Å². The minimum atomic E-state index is -0.588. The number of halogens is 1. The van der Waals surface area contributed by atoms with E-state index in [1.165, 1.54) is 13.0 Å². The Hall–Kier alpha value is -2.47. The van der Waals surface area contributed by atoms with Gasteiger partial charge in [-0.15, -0.1) is 0 Å². The van der Waals surface area contributed by atoms with Gasteiger partial charge in [0, 0.05) is 22.2 Å². The van der Waals surface area contributed by atoms with Gasteiger partial charge in [0.1, 0.15) is 0 Å². The van der Waals surface area contributed by atoms with E-state index >= 15 is 0 Å². The van der Waals surface area contributed by atoms with Gasteiger partial charge in [0.2, 0.25) is 0 Å². The maximum atomic E-state index is 12.1. The molecule has 0 saturated heterocycles. The highest BCUT2D eigenvalue weighted by Gasteiger charge is 2.15. The van der Waals surface area contributed by atoms with Gasteiger partial charge in [-0.3, -0.25) is 19.7 Å². The molecule has 0 fully saturated rings. The van der Waals surface area contributed by atoms with E-state index in [9.17, 15) is 19.7 Å². The van der Waals surface area contributed by atoms with Crippen molar-refractivity contribution in [3.63, 3.8) is 0 Å². The van der Waals surface area contributed by atoms with Gasteiger partial charge in [0.05, 0.1) is 17.7 Å². The number of aryl methyl sites for hydroxylation is 1. The van der Waals surface area contributed by atoms with Crippen molar-refractivity contribution < 1.29 is 9.72 Å². The summed E-state index contributed by atoms with van der Waals surface area (Å²) in [6, 6.07) is 7.44. The highest BCUT2D eigenvalue weighted by Crippen LogP contribution is 2.15. The molecule has 6 nitrogen and oxygen atoms in total. The van der Waals surface area contributed by atoms with E-state index in [4.69, 9.17) is 11.6 Å². The lowest BCUT2D eigenvalue weighted by atomic mass is 10.1. The van der Waals surface area contributed by atoms with Crippen LogP contribution in [-0.4, -0.2) is 15.3 Å². The standard InChI is InChI=1S/C14H11ClN2O4/c1-9-5-14(19)16(7-12(9)17(20)21)8-13(18)10-3-2-4-11(15)6-10/h2-7H,8H2,1H3. The Balaban J connectivity index is 2.35. The summed E-state index contributed by atoms with van der Waals surface area (Å²) in [4.78, 5) is 34.2. The van der Waals surface area contributed by atoms with Crippen LogP contribution in [0.25, 0.3) is 0 Å². The van der Waals surface area contributed by atoms with Gasteiger partial charge in [0.15, 0.2) is 5.78 Å². The molecule has 1 aromatic carbocycles. The summed E-state index contributed by atoms with van der Waals surface area (Å²) in [5, 5.41) is 11.3. The molecule has 0 aliphatic carbocycles. The Morgan fingerprint density at radius 1 is 1.38 bits per heavy atom. The van der Waals surface area contributed by atoms with Crippen LogP contribution in [0.15, 0.2) is 41.3 Å². The first-order valence-electron chi connectivity index (χ1n) is 6.02. The molecule has 0 radical (unpaired) electrons. The molecular weight excluding hydrogens is 296 g/mol. The SMILES string of the molecule is Cc1cc(=O)n(CC(=O)c2cccc(Cl)c2)cc1[N+](=O)[O-]. The molecule has 7 heteroatoms. The Morgan fingerprint density at radius 2 is 2.10 bits per heavy atom. The number of carbonyl (C=O) groups is 1. The fraction of sp³-hybridized carbons (Fsp3) is 0.143. The number of benzene rings is 1.